The molecule has 1 aromatic heterocycles. The molecule has 1 saturated heterocycles. The van der Waals surface area contributed by atoms with Gasteiger partial charge in [0.1, 0.15) is 0 Å². The van der Waals surface area contributed by atoms with Crippen LogP contribution < -0.4 is 0 Å². The minimum atomic E-state index is -0.0202. The van der Waals surface area contributed by atoms with Crippen LogP contribution in [0.4, 0.5) is 0 Å². The van der Waals surface area contributed by atoms with E-state index < -0.39 is 0 Å². The summed E-state index contributed by atoms with van der Waals surface area (Å²) in [6, 6.07) is 6.05. The van der Waals surface area contributed by atoms with Crippen molar-refractivity contribution in [3.63, 3.8) is 0 Å². The first-order valence-corrected chi connectivity index (χ1v) is 7.95. The van der Waals surface area contributed by atoms with Gasteiger partial charge < -0.3 is 4.90 Å². The first-order valence-electron chi connectivity index (χ1n) is 6.34. The van der Waals surface area contributed by atoms with Crippen LogP contribution in [0.5, 0.6) is 0 Å². The molecule has 0 aromatic carbocycles. The van der Waals surface area contributed by atoms with Gasteiger partial charge in [-0.2, -0.15) is 5.26 Å². The highest BCUT2D eigenvalue weighted by molar-refractivity contribution is 9.11. The van der Waals surface area contributed by atoms with E-state index in [0.717, 1.165) is 28.2 Å². The molecule has 1 aromatic rings. The Morgan fingerprint density at radius 1 is 1.47 bits per heavy atom. The zero-order chi connectivity index (χ0) is 13.8. The summed E-state index contributed by atoms with van der Waals surface area (Å²) in [4.78, 5) is 17.1. The summed E-state index contributed by atoms with van der Waals surface area (Å²) < 4.78 is 0.977. The van der Waals surface area contributed by atoms with Gasteiger partial charge in [-0.15, -0.1) is 11.3 Å². The van der Waals surface area contributed by atoms with E-state index in [9.17, 15) is 4.79 Å². The molecule has 6 heteroatoms. The maximum Gasteiger partial charge on any atom is 0.264 e. The molecule has 0 saturated carbocycles. The molecule has 1 fully saturated rings. The highest BCUT2D eigenvalue weighted by Gasteiger charge is 2.26. The average molecular weight is 342 g/mol. The zero-order valence-electron chi connectivity index (χ0n) is 10.8. The van der Waals surface area contributed by atoms with E-state index in [-0.39, 0.29) is 11.9 Å². The molecule has 0 spiro atoms. The topological polar surface area (TPSA) is 47.3 Å². The number of hydrogen-bond donors (Lipinski definition) is 0. The van der Waals surface area contributed by atoms with E-state index in [1.54, 1.807) is 0 Å². The van der Waals surface area contributed by atoms with Crippen LogP contribution in [0.3, 0.4) is 0 Å². The van der Waals surface area contributed by atoms with Crippen molar-refractivity contribution in [2.45, 2.75) is 19.4 Å². The van der Waals surface area contributed by atoms with Crippen molar-refractivity contribution < 1.29 is 4.79 Å². The summed E-state index contributed by atoms with van der Waals surface area (Å²) in [5.41, 5.74) is 0. The number of hydrogen-bond acceptors (Lipinski definition) is 4. The van der Waals surface area contributed by atoms with Crippen LogP contribution in [0.2, 0.25) is 0 Å². The van der Waals surface area contributed by atoms with Crippen molar-refractivity contribution in [3.05, 3.63) is 20.8 Å². The van der Waals surface area contributed by atoms with Crippen molar-refractivity contribution >= 4 is 33.2 Å². The van der Waals surface area contributed by atoms with E-state index in [2.05, 4.69) is 26.9 Å². The normalized spacial score (nSPS) is 18.1. The number of thiophene rings is 1. The van der Waals surface area contributed by atoms with Crippen LogP contribution in [-0.2, 0) is 0 Å². The quantitative estimate of drug-likeness (QED) is 0.848. The molecule has 1 aliphatic heterocycles. The van der Waals surface area contributed by atoms with Gasteiger partial charge in [0, 0.05) is 26.2 Å². The predicted octanol–water partition coefficient (Wildman–Crippen LogP) is 2.57. The third-order valence-corrected chi connectivity index (χ3v) is 4.97. The Morgan fingerprint density at radius 3 is 2.63 bits per heavy atom. The van der Waals surface area contributed by atoms with Gasteiger partial charge in [-0.25, -0.2) is 0 Å². The number of nitriles is 1. The molecule has 2 rings (SSSR count). The smallest absolute Gasteiger partial charge is 0.264 e. The van der Waals surface area contributed by atoms with Crippen LogP contribution in [0.15, 0.2) is 15.9 Å². The van der Waals surface area contributed by atoms with Gasteiger partial charge in [-0.1, -0.05) is 6.92 Å². The number of carbonyl (C=O) groups is 1. The highest BCUT2D eigenvalue weighted by atomic mass is 79.9. The largest absolute Gasteiger partial charge is 0.335 e. The van der Waals surface area contributed by atoms with Gasteiger partial charge in [-0.3, -0.25) is 9.69 Å². The molecule has 102 valence electrons. The summed E-state index contributed by atoms with van der Waals surface area (Å²) in [5, 5.41) is 9.06. The second-order valence-corrected chi connectivity index (χ2v) is 6.95. The molecular formula is C13H16BrN3OS. The summed E-state index contributed by atoms with van der Waals surface area (Å²) in [7, 11) is 0. The average Bonchev–Trinajstić information content (AvgIpc) is 2.87. The highest BCUT2D eigenvalue weighted by Crippen LogP contribution is 2.23. The van der Waals surface area contributed by atoms with Crippen LogP contribution >= 0.6 is 27.3 Å². The number of amides is 1. The standard InChI is InChI=1S/C13H16BrN3OS/c1-2-10(9-15)16-5-7-17(8-6-16)13(18)11-3-4-12(14)19-11/h3-4,10H,2,5-8H2,1H3. The molecule has 1 unspecified atom stereocenters. The van der Waals surface area contributed by atoms with Gasteiger partial charge in [0.2, 0.25) is 0 Å². The lowest BCUT2D eigenvalue weighted by Gasteiger charge is -2.36. The van der Waals surface area contributed by atoms with Crippen LogP contribution in [-0.4, -0.2) is 47.9 Å². The Morgan fingerprint density at radius 2 is 2.16 bits per heavy atom. The Balaban J connectivity index is 1.93. The monoisotopic (exact) mass is 341 g/mol. The van der Waals surface area contributed by atoms with Crippen molar-refractivity contribution in [3.8, 4) is 6.07 Å². The molecule has 1 aliphatic rings. The summed E-state index contributed by atoms with van der Waals surface area (Å²) in [5.74, 6) is 0.0976. The van der Waals surface area contributed by atoms with Gasteiger partial charge in [0.05, 0.1) is 20.8 Å². The number of halogens is 1. The van der Waals surface area contributed by atoms with E-state index in [1.165, 1.54) is 11.3 Å². The molecule has 4 nitrogen and oxygen atoms in total. The fourth-order valence-corrected chi connectivity index (χ4v) is 3.61. The van der Waals surface area contributed by atoms with Gasteiger partial charge in [-0.05, 0) is 34.5 Å². The Kier molecular flexibility index (Phi) is 4.97. The molecule has 0 N–H and O–H groups in total. The fraction of sp³-hybridized carbons (Fsp3) is 0.538. The number of nitrogens with zero attached hydrogens (tertiary/aromatic N) is 3. The van der Waals surface area contributed by atoms with E-state index in [4.69, 9.17) is 5.26 Å². The number of rotatable bonds is 3. The second-order valence-electron chi connectivity index (χ2n) is 4.49. The van der Waals surface area contributed by atoms with E-state index >= 15 is 0 Å². The van der Waals surface area contributed by atoms with Crippen LogP contribution in [0.1, 0.15) is 23.0 Å². The maximum atomic E-state index is 12.3. The molecule has 1 atom stereocenters. The first kappa shape index (κ1) is 14.5. The first-order chi connectivity index (χ1) is 9.15. The van der Waals surface area contributed by atoms with Crippen molar-refractivity contribution in [2.75, 3.05) is 26.2 Å². The SMILES string of the molecule is CCC(C#N)N1CCN(C(=O)c2ccc(Br)s2)CC1. The third-order valence-electron chi connectivity index (χ3n) is 3.36. The second kappa shape index (κ2) is 6.51. The lowest BCUT2D eigenvalue weighted by molar-refractivity contribution is 0.0609. The minimum absolute atomic E-state index is 0.0202. The molecule has 0 aliphatic carbocycles. The lowest BCUT2D eigenvalue weighted by Crippen LogP contribution is -2.51. The number of carbonyl (C=O) groups excluding carboxylic acids is 1. The Bertz CT molecular complexity index is 488. The van der Waals surface area contributed by atoms with Crippen LogP contribution in [0, 0.1) is 11.3 Å². The molecule has 1 amide bonds. The third kappa shape index (κ3) is 3.35. The van der Waals surface area contributed by atoms with Gasteiger partial charge >= 0.3 is 0 Å². The van der Waals surface area contributed by atoms with Gasteiger partial charge in [0.15, 0.2) is 0 Å². The van der Waals surface area contributed by atoms with Crippen molar-refractivity contribution in [1.29, 1.82) is 5.26 Å². The molecule has 2 heterocycles. The molecule has 0 radical (unpaired) electrons. The summed E-state index contributed by atoms with van der Waals surface area (Å²) in [6.45, 7) is 4.99. The minimum Gasteiger partial charge on any atom is -0.335 e. The maximum absolute atomic E-state index is 12.3. The molecular weight excluding hydrogens is 326 g/mol. The molecule has 19 heavy (non-hydrogen) atoms. The zero-order valence-corrected chi connectivity index (χ0v) is 13.2. The summed E-state index contributed by atoms with van der Waals surface area (Å²) >= 11 is 4.84. The summed E-state index contributed by atoms with van der Waals surface area (Å²) in [6.07, 6.45) is 0.836. The predicted molar refractivity (Wildman–Crippen MR) is 79.2 cm³/mol. The molecule has 0 bridgehead atoms. The van der Waals surface area contributed by atoms with Crippen molar-refractivity contribution in [1.82, 2.24) is 9.80 Å². The fourth-order valence-electron chi connectivity index (χ4n) is 2.25. The number of piperazine rings is 1. The van der Waals surface area contributed by atoms with Crippen LogP contribution in [0.25, 0.3) is 0 Å². The van der Waals surface area contributed by atoms with E-state index in [1.807, 2.05) is 24.0 Å². The Labute approximate surface area is 125 Å². The Hall–Kier alpha value is -0.900. The van der Waals surface area contributed by atoms with E-state index in [0.29, 0.717) is 13.1 Å². The lowest BCUT2D eigenvalue weighted by atomic mass is 10.2. The van der Waals surface area contributed by atoms with Gasteiger partial charge in [0.25, 0.3) is 5.91 Å². The van der Waals surface area contributed by atoms with Crippen molar-refractivity contribution in [2.24, 2.45) is 0 Å².